The van der Waals surface area contributed by atoms with E-state index in [9.17, 15) is 0 Å². The van der Waals surface area contributed by atoms with E-state index >= 15 is 0 Å². The summed E-state index contributed by atoms with van der Waals surface area (Å²) in [5.74, 6) is 0.674. The zero-order valence-corrected chi connectivity index (χ0v) is 11.0. The van der Waals surface area contributed by atoms with Gasteiger partial charge in [0, 0.05) is 9.75 Å². The van der Waals surface area contributed by atoms with E-state index in [4.69, 9.17) is 0 Å². The standard InChI is InChI=1S/C11H11N5S2/c1-3-8(17-5-1)11(9-4-2-6-18-9)12-7-10-13-15-16-14-10/h1-6,11-12H,7H2,(H,13,14,15,16). The van der Waals surface area contributed by atoms with Gasteiger partial charge in [0.25, 0.3) is 0 Å². The molecular formula is C11H11N5S2. The summed E-state index contributed by atoms with van der Waals surface area (Å²) in [5, 5.41) is 21.5. The molecule has 0 aromatic carbocycles. The van der Waals surface area contributed by atoms with Crippen LogP contribution in [0.5, 0.6) is 0 Å². The van der Waals surface area contributed by atoms with Gasteiger partial charge in [-0.3, -0.25) is 5.32 Å². The molecule has 5 nitrogen and oxygen atoms in total. The average Bonchev–Trinajstić information content (AvgIpc) is 3.14. The minimum Gasteiger partial charge on any atom is -0.298 e. The number of tetrazole rings is 1. The molecule has 18 heavy (non-hydrogen) atoms. The molecule has 0 amide bonds. The summed E-state index contributed by atoms with van der Waals surface area (Å²) in [7, 11) is 0. The molecule has 3 aromatic rings. The van der Waals surface area contributed by atoms with Crippen molar-refractivity contribution in [2.45, 2.75) is 12.6 Å². The Labute approximate surface area is 112 Å². The van der Waals surface area contributed by atoms with Gasteiger partial charge < -0.3 is 0 Å². The SMILES string of the molecule is c1csc(C(NCc2nn[nH]n2)c2cccs2)c1. The maximum absolute atomic E-state index is 3.95. The molecule has 3 rings (SSSR count). The van der Waals surface area contributed by atoms with E-state index in [2.05, 4.69) is 61.0 Å². The van der Waals surface area contributed by atoms with Gasteiger partial charge in [-0.15, -0.1) is 32.9 Å². The number of aromatic nitrogens is 4. The number of nitrogens with one attached hydrogen (secondary N) is 2. The van der Waals surface area contributed by atoms with Crippen LogP contribution in [0, 0.1) is 0 Å². The summed E-state index contributed by atoms with van der Waals surface area (Å²) in [6.07, 6.45) is 0. The van der Waals surface area contributed by atoms with Gasteiger partial charge in [0.05, 0.1) is 12.6 Å². The first-order valence-corrected chi connectivity index (χ1v) is 7.22. The highest BCUT2D eigenvalue weighted by atomic mass is 32.1. The summed E-state index contributed by atoms with van der Waals surface area (Å²) in [6.45, 7) is 0.594. The molecule has 2 N–H and O–H groups in total. The van der Waals surface area contributed by atoms with Crippen molar-refractivity contribution in [2.75, 3.05) is 0 Å². The molecule has 0 unspecified atom stereocenters. The van der Waals surface area contributed by atoms with E-state index in [-0.39, 0.29) is 6.04 Å². The number of hydrogen-bond acceptors (Lipinski definition) is 6. The molecular weight excluding hydrogens is 266 g/mol. The Morgan fingerprint density at radius 2 is 1.89 bits per heavy atom. The Hall–Kier alpha value is -1.57. The Bertz CT molecular complexity index is 524. The van der Waals surface area contributed by atoms with Crippen molar-refractivity contribution in [2.24, 2.45) is 0 Å². The topological polar surface area (TPSA) is 66.5 Å². The van der Waals surface area contributed by atoms with Gasteiger partial charge in [0.1, 0.15) is 0 Å². The third-order valence-electron chi connectivity index (χ3n) is 2.51. The molecule has 0 aliphatic rings. The van der Waals surface area contributed by atoms with Crippen LogP contribution in [0.15, 0.2) is 35.0 Å². The molecule has 0 saturated heterocycles. The van der Waals surface area contributed by atoms with E-state index in [1.165, 1.54) is 9.75 Å². The van der Waals surface area contributed by atoms with Gasteiger partial charge in [0.15, 0.2) is 5.82 Å². The minimum absolute atomic E-state index is 0.198. The molecule has 0 fully saturated rings. The van der Waals surface area contributed by atoms with Gasteiger partial charge >= 0.3 is 0 Å². The normalized spacial score (nSPS) is 11.2. The highest BCUT2D eigenvalue weighted by molar-refractivity contribution is 7.11. The molecule has 0 atom stereocenters. The second-order valence-corrected chi connectivity index (χ2v) is 5.63. The highest BCUT2D eigenvalue weighted by Crippen LogP contribution is 2.29. The summed E-state index contributed by atoms with van der Waals surface area (Å²) in [5.41, 5.74) is 0. The molecule has 0 aliphatic carbocycles. The lowest BCUT2D eigenvalue weighted by molar-refractivity contribution is 0.601. The fourth-order valence-corrected chi connectivity index (χ4v) is 3.41. The third kappa shape index (κ3) is 2.47. The third-order valence-corrected chi connectivity index (χ3v) is 4.38. The van der Waals surface area contributed by atoms with E-state index in [1.807, 2.05) is 0 Å². The van der Waals surface area contributed by atoms with Crippen molar-refractivity contribution in [3.8, 4) is 0 Å². The van der Waals surface area contributed by atoms with Crippen molar-refractivity contribution in [1.82, 2.24) is 25.9 Å². The van der Waals surface area contributed by atoms with Gasteiger partial charge in [-0.1, -0.05) is 17.3 Å². The van der Waals surface area contributed by atoms with Gasteiger partial charge in [0.2, 0.25) is 0 Å². The summed E-state index contributed by atoms with van der Waals surface area (Å²) < 4.78 is 0. The predicted molar refractivity (Wildman–Crippen MR) is 71.5 cm³/mol. The van der Waals surface area contributed by atoms with Gasteiger partial charge in [-0.05, 0) is 22.9 Å². The highest BCUT2D eigenvalue weighted by Gasteiger charge is 2.16. The fraction of sp³-hybridized carbons (Fsp3) is 0.182. The summed E-state index contributed by atoms with van der Waals surface area (Å²) in [6, 6.07) is 8.60. The van der Waals surface area contributed by atoms with Crippen molar-refractivity contribution in [3.05, 3.63) is 50.6 Å². The molecule has 0 bridgehead atoms. The first-order chi connectivity index (χ1) is 8.93. The molecule has 0 aliphatic heterocycles. The second kappa shape index (κ2) is 5.38. The number of aromatic amines is 1. The van der Waals surface area contributed by atoms with Crippen molar-refractivity contribution in [3.63, 3.8) is 0 Å². The Balaban J connectivity index is 1.78. The smallest absolute Gasteiger partial charge is 0.188 e. The zero-order valence-electron chi connectivity index (χ0n) is 9.41. The van der Waals surface area contributed by atoms with Crippen LogP contribution < -0.4 is 5.32 Å². The van der Waals surface area contributed by atoms with Crippen molar-refractivity contribution >= 4 is 22.7 Å². The second-order valence-electron chi connectivity index (χ2n) is 3.67. The van der Waals surface area contributed by atoms with Crippen LogP contribution in [0.3, 0.4) is 0 Å². The van der Waals surface area contributed by atoms with Crippen LogP contribution in [0.4, 0.5) is 0 Å². The number of thiophene rings is 2. The number of nitrogens with zero attached hydrogens (tertiary/aromatic N) is 3. The summed E-state index contributed by atoms with van der Waals surface area (Å²) >= 11 is 3.49. The van der Waals surface area contributed by atoms with Crippen LogP contribution in [-0.2, 0) is 6.54 Å². The van der Waals surface area contributed by atoms with Crippen molar-refractivity contribution in [1.29, 1.82) is 0 Å². The van der Waals surface area contributed by atoms with E-state index in [0.717, 1.165) is 0 Å². The molecule has 0 radical (unpaired) electrons. The number of H-pyrrole nitrogens is 1. The van der Waals surface area contributed by atoms with Crippen LogP contribution in [-0.4, -0.2) is 20.6 Å². The quantitative estimate of drug-likeness (QED) is 0.750. The Morgan fingerprint density at radius 3 is 2.39 bits per heavy atom. The maximum atomic E-state index is 3.95. The monoisotopic (exact) mass is 277 g/mol. The molecule has 0 saturated carbocycles. The first kappa shape index (κ1) is 11.5. The lowest BCUT2D eigenvalue weighted by atomic mass is 10.2. The first-order valence-electron chi connectivity index (χ1n) is 5.46. The molecule has 92 valence electrons. The van der Waals surface area contributed by atoms with Crippen LogP contribution >= 0.6 is 22.7 Å². The van der Waals surface area contributed by atoms with Crippen LogP contribution in [0.25, 0.3) is 0 Å². The Morgan fingerprint density at radius 1 is 1.17 bits per heavy atom. The fourth-order valence-electron chi connectivity index (χ4n) is 1.70. The van der Waals surface area contributed by atoms with E-state index in [0.29, 0.717) is 12.4 Å². The lowest BCUT2D eigenvalue weighted by Crippen LogP contribution is -2.21. The predicted octanol–water partition coefficient (Wildman–Crippen LogP) is 2.20. The molecule has 7 heteroatoms. The summed E-state index contributed by atoms with van der Waals surface area (Å²) in [4.78, 5) is 2.59. The van der Waals surface area contributed by atoms with Crippen molar-refractivity contribution < 1.29 is 0 Å². The van der Waals surface area contributed by atoms with Gasteiger partial charge in [-0.25, -0.2) is 0 Å². The van der Waals surface area contributed by atoms with E-state index < -0.39 is 0 Å². The number of hydrogen-bond donors (Lipinski definition) is 2. The average molecular weight is 277 g/mol. The lowest BCUT2D eigenvalue weighted by Gasteiger charge is -2.14. The van der Waals surface area contributed by atoms with E-state index in [1.54, 1.807) is 22.7 Å². The molecule has 3 heterocycles. The van der Waals surface area contributed by atoms with Crippen LogP contribution in [0.1, 0.15) is 21.6 Å². The Kier molecular flexibility index (Phi) is 3.44. The molecule has 0 spiro atoms. The molecule has 3 aromatic heterocycles. The maximum Gasteiger partial charge on any atom is 0.188 e. The number of rotatable bonds is 5. The minimum atomic E-state index is 0.198. The van der Waals surface area contributed by atoms with Gasteiger partial charge in [-0.2, -0.15) is 5.21 Å². The van der Waals surface area contributed by atoms with Crippen LogP contribution in [0.2, 0.25) is 0 Å². The largest absolute Gasteiger partial charge is 0.298 e. The zero-order chi connectivity index (χ0) is 12.2.